The standard InChI is InChI=1S/C28H34N6O3/c1-28(2,3)32-24-23(25(35)26(24)36)18-7-8-21-20(14-18)19(15-30-21)6-5-9-33-10-12-34(13-11-33)27-22(37-4)16-29-17-31-27/h7-8,14-17,30,32H,5-6,9-13H2,1-4H3. The van der Waals surface area contributed by atoms with Crippen LogP contribution >= 0.6 is 0 Å². The van der Waals surface area contributed by atoms with Crippen LogP contribution < -0.4 is 25.8 Å². The summed E-state index contributed by atoms with van der Waals surface area (Å²) in [6.45, 7) is 10.7. The van der Waals surface area contributed by atoms with Gasteiger partial charge in [-0.1, -0.05) is 6.07 Å². The van der Waals surface area contributed by atoms with Crippen LogP contribution in [0.25, 0.3) is 22.0 Å². The molecule has 4 aromatic rings. The lowest BCUT2D eigenvalue weighted by Crippen LogP contribution is -2.47. The molecule has 1 saturated heterocycles. The number of benzene rings is 1. The summed E-state index contributed by atoms with van der Waals surface area (Å²) in [5.41, 5.74) is 2.83. The number of hydrogen-bond acceptors (Lipinski definition) is 8. The molecular weight excluding hydrogens is 468 g/mol. The number of rotatable bonds is 8. The summed E-state index contributed by atoms with van der Waals surface area (Å²) in [6.07, 6.45) is 7.30. The zero-order chi connectivity index (χ0) is 26.2. The second kappa shape index (κ2) is 9.97. The predicted octanol–water partition coefficient (Wildman–Crippen LogP) is 3.19. The summed E-state index contributed by atoms with van der Waals surface area (Å²) in [5, 5.41) is 4.31. The highest BCUT2D eigenvalue weighted by Crippen LogP contribution is 2.30. The molecule has 194 valence electrons. The molecule has 3 heterocycles. The Balaban J connectivity index is 1.22. The molecule has 0 amide bonds. The number of ether oxygens (including phenoxy) is 1. The topological polar surface area (TPSA) is 103 Å². The molecule has 9 heteroatoms. The second-order valence-corrected chi connectivity index (χ2v) is 10.7. The van der Waals surface area contributed by atoms with E-state index < -0.39 is 10.9 Å². The fourth-order valence-corrected chi connectivity index (χ4v) is 5.07. The van der Waals surface area contributed by atoms with E-state index in [4.69, 9.17) is 4.74 Å². The van der Waals surface area contributed by atoms with Gasteiger partial charge in [-0.25, -0.2) is 9.97 Å². The third-order valence-electron chi connectivity index (χ3n) is 6.94. The molecule has 9 nitrogen and oxygen atoms in total. The summed E-state index contributed by atoms with van der Waals surface area (Å²) < 4.78 is 5.41. The zero-order valence-corrected chi connectivity index (χ0v) is 21.9. The van der Waals surface area contributed by atoms with E-state index in [0.717, 1.165) is 67.8 Å². The summed E-state index contributed by atoms with van der Waals surface area (Å²) in [7, 11) is 1.65. The van der Waals surface area contributed by atoms with E-state index in [9.17, 15) is 9.59 Å². The lowest BCUT2D eigenvalue weighted by atomic mass is 9.94. The number of fused-ring (bicyclic) bond motifs is 1. The van der Waals surface area contributed by atoms with Crippen molar-refractivity contribution in [3.05, 3.63) is 62.9 Å². The van der Waals surface area contributed by atoms with E-state index in [0.29, 0.717) is 17.0 Å². The number of nitrogens with one attached hydrogen (secondary N) is 2. The highest BCUT2D eigenvalue weighted by atomic mass is 16.5. The molecule has 2 N–H and O–H groups in total. The Morgan fingerprint density at radius 3 is 2.62 bits per heavy atom. The first-order valence-electron chi connectivity index (χ1n) is 12.8. The molecule has 0 aliphatic carbocycles. The number of nitrogens with zero attached hydrogens (tertiary/aromatic N) is 4. The Morgan fingerprint density at radius 2 is 1.89 bits per heavy atom. The van der Waals surface area contributed by atoms with Gasteiger partial charge in [0.2, 0.25) is 10.9 Å². The monoisotopic (exact) mass is 502 g/mol. The number of H-pyrrole nitrogens is 1. The second-order valence-electron chi connectivity index (χ2n) is 10.7. The molecule has 0 radical (unpaired) electrons. The van der Waals surface area contributed by atoms with Gasteiger partial charge in [0.15, 0.2) is 11.6 Å². The third kappa shape index (κ3) is 5.09. The third-order valence-corrected chi connectivity index (χ3v) is 6.94. The van der Waals surface area contributed by atoms with E-state index in [-0.39, 0.29) is 5.54 Å². The quantitative estimate of drug-likeness (QED) is 0.354. The minimum Gasteiger partial charge on any atom is -0.491 e. The molecule has 0 unspecified atom stereocenters. The molecule has 0 spiro atoms. The van der Waals surface area contributed by atoms with Crippen molar-refractivity contribution in [2.75, 3.05) is 50.1 Å². The van der Waals surface area contributed by atoms with Crippen molar-refractivity contribution >= 4 is 22.4 Å². The molecular formula is C28H34N6O3. The molecule has 5 rings (SSSR count). The first-order chi connectivity index (χ1) is 17.7. The molecule has 37 heavy (non-hydrogen) atoms. The first-order valence-corrected chi connectivity index (χ1v) is 12.8. The van der Waals surface area contributed by atoms with Gasteiger partial charge < -0.3 is 19.9 Å². The number of methoxy groups -OCH3 is 1. The van der Waals surface area contributed by atoms with Crippen LogP contribution in [0, 0.1) is 0 Å². The van der Waals surface area contributed by atoms with Crippen LogP contribution in [-0.2, 0) is 6.42 Å². The maximum absolute atomic E-state index is 12.4. The molecule has 2 aromatic carbocycles. The number of hydrogen-bond donors (Lipinski definition) is 2. The Hall–Kier alpha value is -3.72. The van der Waals surface area contributed by atoms with Gasteiger partial charge in [0.05, 0.1) is 24.6 Å². The summed E-state index contributed by atoms with van der Waals surface area (Å²) in [4.78, 5) is 41.2. The maximum Gasteiger partial charge on any atom is 0.250 e. The average Bonchev–Trinajstić information content (AvgIpc) is 3.30. The van der Waals surface area contributed by atoms with Gasteiger partial charge in [0.1, 0.15) is 6.33 Å². The van der Waals surface area contributed by atoms with Gasteiger partial charge in [-0.15, -0.1) is 0 Å². The van der Waals surface area contributed by atoms with E-state index in [1.165, 1.54) is 5.56 Å². The van der Waals surface area contributed by atoms with E-state index in [2.05, 4.69) is 36.3 Å². The van der Waals surface area contributed by atoms with E-state index in [1.54, 1.807) is 19.6 Å². The Bertz CT molecular complexity index is 1470. The zero-order valence-electron chi connectivity index (χ0n) is 21.9. The largest absolute Gasteiger partial charge is 0.491 e. The highest BCUT2D eigenvalue weighted by Gasteiger charge is 2.26. The van der Waals surface area contributed by atoms with Crippen molar-refractivity contribution in [1.29, 1.82) is 0 Å². The molecule has 1 aliphatic heterocycles. The van der Waals surface area contributed by atoms with Crippen molar-refractivity contribution in [3.63, 3.8) is 0 Å². The Labute approximate surface area is 216 Å². The van der Waals surface area contributed by atoms with Crippen LogP contribution in [0.5, 0.6) is 5.75 Å². The molecule has 1 aliphatic rings. The smallest absolute Gasteiger partial charge is 0.250 e. The van der Waals surface area contributed by atoms with Crippen molar-refractivity contribution < 1.29 is 4.74 Å². The molecule has 0 saturated carbocycles. The van der Waals surface area contributed by atoms with Gasteiger partial charge >= 0.3 is 0 Å². The van der Waals surface area contributed by atoms with Crippen LogP contribution in [0.2, 0.25) is 0 Å². The lowest BCUT2D eigenvalue weighted by Gasteiger charge is -2.35. The average molecular weight is 503 g/mol. The summed E-state index contributed by atoms with van der Waals surface area (Å²) in [5.74, 6) is 1.56. The normalized spacial score (nSPS) is 15.0. The van der Waals surface area contributed by atoms with Crippen LogP contribution in [0.4, 0.5) is 11.5 Å². The van der Waals surface area contributed by atoms with Crippen molar-refractivity contribution in [3.8, 4) is 16.9 Å². The van der Waals surface area contributed by atoms with Gasteiger partial charge in [0, 0.05) is 48.8 Å². The van der Waals surface area contributed by atoms with Crippen molar-refractivity contribution in [1.82, 2.24) is 19.9 Å². The van der Waals surface area contributed by atoms with Gasteiger partial charge in [-0.3, -0.25) is 14.5 Å². The number of aromatic amines is 1. The number of aryl methyl sites for hydroxylation is 1. The number of piperazine rings is 1. The molecule has 0 bridgehead atoms. The predicted molar refractivity (Wildman–Crippen MR) is 148 cm³/mol. The first kappa shape index (κ1) is 25.0. The van der Waals surface area contributed by atoms with Crippen molar-refractivity contribution in [2.45, 2.75) is 39.2 Å². The SMILES string of the molecule is COc1cncnc1N1CCN(CCCc2c[nH]c3ccc(-c4c(NC(C)(C)C)c(=O)c4=O)cc23)CC1. The lowest BCUT2D eigenvalue weighted by molar-refractivity contribution is 0.253. The minimum atomic E-state index is -0.433. The maximum atomic E-state index is 12.4. The molecule has 2 aromatic heterocycles. The van der Waals surface area contributed by atoms with E-state index in [1.807, 2.05) is 39.0 Å². The molecule has 0 atom stereocenters. The Morgan fingerprint density at radius 1 is 1.11 bits per heavy atom. The summed E-state index contributed by atoms with van der Waals surface area (Å²) in [6, 6.07) is 5.95. The number of anilines is 2. The molecule has 1 fully saturated rings. The minimum absolute atomic E-state index is 0.299. The van der Waals surface area contributed by atoms with E-state index >= 15 is 0 Å². The van der Waals surface area contributed by atoms with Crippen molar-refractivity contribution in [2.24, 2.45) is 0 Å². The van der Waals surface area contributed by atoms with Crippen LogP contribution in [0.3, 0.4) is 0 Å². The summed E-state index contributed by atoms with van der Waals surface area (Å²) >= 11 is 0. The number of aromatic nitrogens is 3. The van der Waals surface area contributed by atoms with Gasteiger partial charge in [-0.2, -0.15) is 0 Å². The van der Waals surface area contributed by atoms with Crippen LogP contribution in [-0.4, -0.2) is 65.2 Å². The fraction of sp³-hybridized carbons (Fsp3) is 0.429. The fourth-order valence-electron chi connectivity index (χ4n) is 5.07. The van der Waals surface area contributed by atoms with Gasteiger partial charge in [0.25, 0.3) is 0 Å². The van der Waals surface area contributed by atoms with Crippen LogP contribution in [0.15, 0.2) is 46.5 Å². The van der Waals surface area contributed by atoms with Gasteiger partial charge in [-0.05, 0) is 63.4 Å². The highest BCUT2D eigenvalue weighted by molar-refractivity contribution is 5.91. The Kier molecular flexibility index (Phi) is 6.72. The van der Waals surface area contributed by atoms with Crippen LogP contribution in [0.1, 0.15) is 32.8 Å².